The third-order valence-corrected chi connectivity index (χ3v) is 4.23. The highest BCUT2D eigenvalue weighted by Crippen LogP contribution is 2.21. The van der Waals surface area contributed by atoms with E-state index in [-0.39, 0.29) is 17.5 Å². The van der Waals surface area contributed by atoms with Gasteiger partial charge in [0.05, 0.1) is 5.75 Å². The molecule has 2 nitrogen and oxygen atoms in total. The molecule has 0 bridgehead atoms. The van der Waals surface area contributed by atoms with Crippen molar-refractivity contribution in [3.8, 4) is 0 Å². The number of carbonyl (C=O) groups is 1. The van der Waals surface area contributed by atoms with Gasteiger partial charge in [0, 0.05) is 18.0 Å². The highest BCUT2D eigenvalue weighted by atomic mass is 32.2. The summed E-state index contributed by atoms with van der Waals surface area (Å²) < 4.78 is 39.2. The van der Waals surface area contributed by atoms with Gasteiger partial charge in [-0.2, -0.15) is 0 Å². The van der Waals surface area contributed by atoms with Crippen LogP contribution in [0.5, 0.6) is 0 Å². The third kappa shape index (κ3) is 5.03. The second-order valence-electron chi connectivity index (χ2n) is 4.90. The van der Waals surface area contributed by atoms with Gasteiger partial charge in [-0.25, -0.2) is 13.2 Å². The molecular weight excluding hydrogens is 323 g/mol. The molecule has 0 aromatic heterocycles. The second-order valence-corrected chi connectivity index (χ2v) is 5.95. The van der Waals surface area contributed by atoms with Crippen molar-refractivity contribution in [3.05, 3.63) is 65.5 Å². The number of carbonyl (C=O) groups excluding carboxylic acids is 1. The van der Waals surface area contributed by atoms with Crippen molar-refractivity contribution in [2.45, 2.75) is 18.4 Å². The van der Waals surface area contributed by atoms with Crippen LogP contribution < -0.4 is 0 Å². The van der Waals surface area contributed by atoms with E-state index in [1.54, 1.807) is 17.0 Å². The number of benzene rings is 2. The van der Waals surface area contributed by atoms with Gasteiger partial charge in [0.25, 0.3) is 0 Å². The lowest BCUT2D eigenvalue weighted by molar-refractivity contribution is -0.128. The molecule has 122 valence electrons. The number of amides is 1. The Morgan fingerprint density at radius 2 is 1.87 bits per heavy atom. The molecule has 0 saturated heterocycles. The van der Waals surface area contributed by atoms with Gasteiger partial charge >= 0.3 is 0 Å². The first-order valence-corrected chi connectivity index (χ1v) is 8.08. The summed E-state index contributed by atoms with van der Waals surface area (Å²) in [6.45, 7) is 2.62. The number of hydrogen-bond acceptors (Lipinski definition) is 2. The van der Waals surface area contributed by atoms with Crippen LogP contribution in [0.1, 0.15) is 12.5 Å². The highest BCUT2D eigenvalue weighted by molar-refractivity contribution is 8.00. The Morgan fingerprint density at radius 1 is 1.09 bits per heavy atom. The largest absolute Gasteiger partial charge is 0.338 e. The van der Waals surface area contributed by atoms with Crippen LogP contribution >= 0.6 is 11.8 Å². The Morgan fingerprint density at radius 3 is 2.52 bits per heavy atom. The minimum Gasteiger partial charge on any atom is -0.338 e. The van der Waals surface area contributed by atoms with Crippen LogP contribution in [0, 0.1) is 17.5 Å². The smallest absolute Gasteiger partial charge is 0.233 e. The van der Waals surface area contributed by atoms with Crippen LogP contribution in [0.15, 0.2) is 47.4 Å². The Kier molecular flexibility index (Phi) is 6.10. The van der Waals surface area contributed by atoms with Crippen molar-refractivity contribution in [3.63, 3.8) is 0 Å². The molecule has 0 heterocycles. The first-order valence-electron chi connectivity index (χ1n) is 7.09. The molecule has 0 N–H and O–H groups in total. The average molecular weight is 339 g/mol. The third-order valence-electron chi connectivity index (χ3n) is 3.25. The van der Waals surface area contributed by atoms with Crippen molar-refractivity contribution >= 4 is 17.7 Å². The van der Waals surface area contributed by atoms with E-state index in [4.69, 9.17) is 0 Å². The lowest BCUT2D eigenvalue weighted by atomic mass is 10.2. The van der Waals surface area contributed by atoms with Crippen LogP contribution in [-0.2, 0) is 11.3 Å². The van der Waals surface area contributed by atoms with Crippen LogP contribution in [0.2, 0.25) is 0 Å². The summed E-state index contributed by atoms with van der Waals surface area (Å²) in [6, 6.07) is 9.61. The zero-order valence-corrected chi connectivity index (χ0v) is 13.4. The Bertz CT molecular complexity index is 693. The molecule has 1 amide bonds. The van der Waals surface area contributed by atoms with E-state index >= 15 is 0 Å². The quantitative estimate of drug-likeness (QED) is 0.734. The summed E-state index contributed by atoms with van der Waals surface area (Å²) in [5.41, 5.74) is 0.707. The van der Waals surface area contributed by atoms with Gasteiger partial charge in [-0.15, -0.1) is 11.8 Å². The molecule has 6 heteroatoms. The first-order chi connectivity index (χ1) is 11.0. The van der Waals surface area contributed by atoms with Gasteiger partial charge in [0.15, 0.2) is 11.6 Å². The van der Waals surface area contributed by atoms with Crippen molar-refractivity contribution in [2.24, 2.45) is 0 Å². The number of rotatable bonds is 6. The van der Waals surface area contributed by atoms with Crippen LogP contribution in [-0.4, -0.2) is 23.1 Å². The standard InChI is InChI=1S/C17H16F3NOS/c1-2-21(10-12-4-3-5-13(18)8-12)17(22)11-23-14-6-7-15(19)16(20)9-14/h3-9H,2,10-11H2,1H3. The van der Waals surface area contributed by atoms with Gasteiger partial charge in [-0.1, -0.05) is 12.1 Å². The van der Waals surface area contributed by atoms with E-state index < -0.39 is 11.6 Å². The summed E-state index contributed by atoms with van der Waals surface area (Å²) in [5.74, 6) is -2.24. The molecule has 2 aromatic rings. The van der Waals surface area contributed by atoms with Gasteiger partial charge in [-0.05, 0) is 42.8 Å². The zero-order chi connectivity index (χ0) is 16.8. The molecular formula is C17H16F3NOS. The molecule has 2 aromatic carbocycles. The Labute approximate surface area is 137 Å². The lowest BCUT2D eigenvalue weighted by Crippen LogP contribution is -2.31. The summed E-state index contributed by atoms with van der Waals surface area (Å²) in [4.78, 5) is 14.3. The van der Waals surface area contributed by atoms with Crippen LogP contribution in [0.3, 0.4) is 0 Å². The maximum Gasteiger partial charge on any atom is 0.233 e. The molecule has 0 spiro atoms. The lowest BCUT2D eigenvalue weighted by Gasteiger charge is -2.21. The molecule has 0 unspecified atom stereocenters. The van der Waals surface area contributed by atoms with E-state index in [1.165, 1.54) is 18.2 Å². The molecule has 0 atom stereocenters. The van der Waals surface area contributed by atoms with E-state index in [1.807, 2.05) is 6.92 Å². The summed E-state index contributed by atoms with van der Waals surface area (Å²) in [7, 11) is 0. The molecule has 0 aliphatic rings. The average Bonchev–Trinajstić information content (AvgIpc) is 2.53. The molecule has 2 rings (SSSR count). The summed E-state index contributed by atoms with van der Waals surface area (Å²) >= 11 is 1.14. The fraction of sp³-hybridized carbons (Fsp3) is 0.235. The minimum atomic E-state index is -0.936. The fourth-order valence-electron chi connectivity index (χ4n) is 2.04. The highest BCUT2D eigenvalue weighted by Gasteiger charge is 2.13. The van der Waals surface area contributed by atoms with E-state index in [2.05, 4.69) is 0 Å². The number of nitrogens with zero attached hydrogens (tertiary/aromatic N) is 1. The molecule has 0 fully saturated rings. The maximum absolute atomic E-state index is 13.2. The second kappa shape index (κ2) is 8.06. The minimum absolute atomic E-state index is 0.105. The SMILES string of the molecule is CCN(Cc1cccc(F)c1)C(=O)CSc1ccc(F)c(F)c1. The van der Waals surface area contributed by atoms with E-state index in [9.17, 15) is 18.0 Å². The monoisotopic (exact) mass is 339 g/mol. The van der Waals surface area contributed by atoms with Crippen LogP contribution in [0.25, 0.3) is 0 Å². The number of thioether (sulfide) groups is 1. The van der Waals surface area contributed by atoms with Gasteiger partial charge in [0.2, 0.25) is 5.91 Å². The maximum atomic E-state index is 13.2. The predicted molar refractivity (Wildman–Crippen MR) is 84.6 cm³/mol. The van der Waals surface area contributed by atoms with Crippen molar-refractivity contribution in [1.29, 1.82) is 0 Å². The molecule has 0 radical (unpaired) electrons. The Hall–Kier alpha value is -1.95. The summed E-state index contributed by atoms with van der Waals surface area (Å²) in [6.07, 6.45) is 0. The predicted octanol–water partition coefficient (Wildman–Crippen LogP) is 4.24. The van der Waals surface area contributed by atoms with Crippen LogP contribution in [0.4, 0.5) is 13.2 Å². The van der Waals surface area contributed by atoms with Gasteiger partial charge < -0.3 is 4.90 Å². The van der Waals surface area contributed by atoms with E-state index in [0.717, 1.165) is 23.9 Å². The number of halogens is 3. The normalized spacial score (nSPS) is 10.6. The number of hydrogen-bond donors (Lipinski definition) is 0. The van der Waals surface area contributed by atoms with E-state index in [0.29, 0.717) is 23.5 Å². The molecule has 0 aliphatic heterocycles. The van der Waals surface area contributed by atoms with Gasteiger partial charge in [0.1, 0.15) is 5.82 Å². The molecule has 0 aliphatic carbocycles. The first kappa shape index (κ1) is 17.4. The fourth-order valence-corrected chi connectivity index (χ4v) is 2.86. The Balaban J connectivity index is 1.95. The molecule has 23 heavy (non-hydrogen) atoms. The van der Waals surface area contributed by atoms with Crippen molar-refractivity contribution in [2.75, 3.05) is 12.3 Å². The summed E-state index contributed by atoms with van der Waals surface area (Å²) in [5, 5.41) is 0. The van der Waals surface area contributed by atoms with Crippen molar-refractivity contribution < 1.29 is 18.0 Å². The van der Waals surface area contributed by atoms with Gasteiger partial charge in [-0.3, -0.25) is 4.79 Å². The molecule has 0 saturated carbocycles. The van der Waals surface area contributed by atoms with Crippen molar-refractivity contribution in [1.82, 2.24) is 4.90 Å². The topological polar surface area (TPSA) is 20.3 Å². The zero-order valence-electron chi connectivity index (χ0n) is 12.6.